The lowest BCUT2D eigenvalue weighted by molar-refractivity contribution is 0.538. The Morgan fingerprint density at radius 3 is 2.69 bits per heavy atom. The van der Waals surface area contributed by atoms with Crippen LogP contribution in [0.2, 0.25) is 0 Å². The molecule has 0 amide bonds. The van der Waals surface area contributed by atoms with Gasteiger partial charge in [0.25, 0.3) is 0 Å². The zero-order valence-corrected chi connectivity index (χ0v) is 10.0. The summed E-state index contributed by atoms with van der Waals surface area (Å²) in [6.07, 6.45) is 3.37. The van der Waals surface area contributed by atoms with Crippen molar-refractivity contribution in [3.63, 3.8) is 0 Å². The van der Waals surface area contributed by atoms with Gasteiger partial charge < -0.3 is 0 Å². The average Bonchev–Trinajstić information content (AvgIpc) is 3.07. The Kier molecular flexibility index (Phi) is 3.48. The van der Waals surface area contributed by atoms with Crippen molar-refractivity contribution in [1.82, 2.24) is 0 Å². The molecule has 1 aliphatic rings. The van der Waals surface area contributed by atoms with Crippen LogP contribution in [0.4, 0.5) is 8.78 Å². The van der Waals surface area contributed by atoms with Crippen LogP contribution in [0.3, 0.4) is 0 Å². The fourth-order valence-electron chi connectivity index (χ4n) is 1.92. The van der Waals surface area contributed by atoms with Gasteiger partial charge >= 0.3 is 0 Å². The molecule has 0 spiro atoms. The Bertz CT molecular complexity index is 386. The van der Waals surface area contributed by atoms with Gasteiger partial charge in [0.05, 0.1) is 0 Å². The topological polar surface area (TPSA) is 0 Å². The number of halogens is 3. The summed E-state index contributed by atoms with van der Waals surface area (Å²) in [5.41, 5.74) is 0.681. The van der Waals surface area contributed by atoms with Crippen LogP contribution < -0.4 is 0 Å². The van der Waals surface area contributed by atoms with E-state index < -0.39 is 11.6 Å². The van der Waals surface area contributed by atoms with Crippen molar-refractivity contribution in [2.24, 2.45) is 5.92 Å². The summed E-state index contributed by atoms with van der Waals surface area (Å²) >= 11 is 6.13. The normalized spacial score (nSPS) is 17.5. The maximum absolute atomic E-state index is 13.6. The minimum absolute atomic E-state index is 0.0688. The summed E-state index contributed by atoms with van der Waals surface area (Å²) in [6, 6.07) is 2.79. The molecule has 0 aliphatic heterocycles. The van der Waals surface area contributed by atoms with Crippen LogP contribution in [0.25, 0.3) is 0 Å². The van der Waals surface area contributed by atoms with Gasteiger partial charge in [0.1, 0.15) is 11.6 Å². The number of hydrogen-bond donors (Lipinski definition) is 0. The van der Waals surface area contributed by atoms with E-state index >= 15 is 0 Å². The molecule has 0 heterocycles. The van der Waals surface area contributed by atoms with E-state index in [0.717, 1.165) is 12.8 Å². The molecule has 1 aromatic rings. The van der Waals surface area contributed by atoms with Crippen LogP contribution in [0.1, 0.15) is 30.4 Å². The van der Waals surface area contributed by atoms with Crippen molar-refractivity contribution in [2.45, 2.75) is 38.0 Å². The van der Waals surface area contributed by atoms with Gasteiger partial charge in [-0.15, -0.1) is 11.6 Å². The minimum atomic E-state index is -0.456. The minimum Gasteiger partial charge on any atom is -0.207 e. The summed E-state index contributed by atoms with van der Waals surface area (Å²) in [4.78, 5) is 0. The molecule has 3 heteroatoms. The molecule has 0 N–H and O–H groups in total. The monoisotopic (exact) mass is 244 g/mol. The molecular formula is C13H15ClF2. The highest BCUT2D eigenvalue weighted by Crippen LogP contribution is 2.37. The predicted octanol–water partition coefficient (Wildman–Crippen LogP) is 4.22. The van der Waals surface area contributed by atoms with E-state index in [1.807, 2.05) is 0 Å². The molecular weight excluding hydrogens is 230 g/mol. The maximum atomic E-state index is 13.6. The van der Waals surface area contributed by atoms with Crippen LogP contribution in [0.5, 0.6) is 0 Å². The fourth-order valence-corrected chi connectivity index (χ4v) is 2.28. The molecule has 1 aliphatic carbocycles. The third-order valence-electron chi connectivity index (χ3n) is 3.18. The molecule has 1 aromatic carbocycles. The first-order valence-electron chi connectivity index (χ1n) is 5.67. The molecule has 1 unspecified atom stereocenters. The second-order valence-electron chi connectivity index (χ2n) is 4.55. The van der Waals surface area contributed by atoms with Gasteiger partial charge in [-0.2, -0.15) is 0 Å². The number of rotatable bonds is 4. The lowest BCUT2D eigenvalue weighted by Gasteiger charge is -2.10. The molecule has 1 fully saturated rings. The maximum Gasteiger partial charge on any atom is 0.132 e. The summed E-state index contributed by atoms with van der Waals surface area (Å²) in [5.74, 6) is -0.306. The summed E-state index contributed by atoms with van der Waals surface area (Å²) < 4.78 is 27.1. The second kappa shape index (κ2) is 4.70. The molecule has 2 rings (SSSR count). The van der Waals surface area contributed by atoms with Crippen LogP contribution in [0, 0.1) is 24.5 Å². The molecule has 0 saturated heterocycles. The third-order valence-corrected chi connectivity index (χ3v) is 3.76. The van der Waals surface area contributed by atoms with E-state index in [-0.39, 0.29) is 10.9 Å². The zero-order valence-electron chi connectivity index (χ0n) is 9.27. The molecule has 1 saturated carbocycles. The van der Waals surface area contributed by atoms with Gasteiger partial charge in [-0.05, 0) is 50.2 Å². The highest BCUT2D eigenvalue weighted by atomic mass is 35.5. The Labute approximate surface area is 99.6 Å². The average molecular weight is 245 g/mol. The number of benzene rings is 1. The Morgan fingerprint density at radius 2 is 2.06 bits per heavy atom. The quantitative estimate of drug-likeness (QED) is 0.696. The molecule has 16 heavy (non-hydrogen) atoms. The van der Waals surface area contributed by atoms with E-state index in [9.17, 15) is 8.78 Å². The molecule has 0 nitrogen and oxygen atoms in total. The fraction of sp³-hybridized carbons (Fsp3) is 0.538. The molecule has 0 radical (unpaired) electrons. The Balaban J connectivity index is 2.05. The largest absolute Gasteiger partial charge is 0.207 e. The SMILES string of the molecule is Cc1ccc(F)c(CCC(Cl)C2CC2)c1F. The number of alkyl halides is 1. The van der Waals surface area contributed by atoms with Crippen LogP contribution in [0.15, 0.2) is 12.1 Å². The highest BCUT2D eigenvalue weighted by molar-refractivity contribution is 6.20. The van der Waals surface area contributed by atoms with Crippen molar-refractivity contribution < 1.29 is 8.78 Å². The van der Waals surface area contributed by atoms with Crippen LogP contribution in [-0.4, -0.2) is 5.38 Å². The summed E-state index contributed by atoms with van der Waals surface area (Å²) in [7, 11) is 0. The lowest BCUT2D eigenvalue weighted by atomic mass is 10.0. The Hall–Kier alpha value is -0.630. The van der Waals surface area contributed by atoms with Crippen molar-refractivity contribution in [3.05, 3.63) is 34.9 Å². The van der Waals surface area contributed by atoms with Crippen LogP contribution in [-0.2, 0) is 6.42 Å². The van der Waals surface area contributed by atoms with Crippen molar-refractivity contribution >= 4 is 11.6 Å². The third kappa shape index (κ3) is 2.54. The van der Waals surface area contributed by atoms with E-state index in [1.54, 1.807) is 6.92 Å². The first-order chi connectivity index (χ1) is 7.59. The van der Waals surface area contributed by atoms with Crippen molar-refractivity contribution in [2.75, 3.05) is 0 Å². The van der Waals surface area contributed by atoms with Gasteiger partial charge in [0.15, 0.2) is 0 Å². The highest BCUT2D eigenvalue weighted by Gasteiger charge is 2.29. The molecule has 1 atom stereocenters. The zero-order chi connectivity index (χ0) is 11.7. The molecule has 0 bridgehead atoms. The van der Waals surface area contributed by atoms with Gasteiger partial charge in [0.2, 0.25) is 0 Å². The first kappa shape index (κ1) is 11.8. The van der Waals surface area contributed by atoms with Crippen molar-refractivity contribution in [1.29, 1.82) is 0 Å². The number of hydrogen-bond acceptors (Lipinski definition) is 0. The van der Waals surface area contributed by atoms with Gasteiger partial charge in [0, 0.05) is 10.9 Å². The van der Waals surface area contributed by atoms with Crippen molar-refractivity contribution in [3.8, 4) is 0 Å². The van der Waals surface area contributed by atoms with E-state index in [4.69, 9.17) is 11.6 Å². The Morgan fingerprint density at radius 1 is 1.38 bits per heavy atom. The van der Waals surface area contributed by atoms with E-state index in [1.165, 1.54) is 12.1 Å². The van der Waals surface area contributed by atoms with E-state index in [2.05, 4.69) is 0 Å². The standard InChI is InChI=1S/C13H15ClF2/c1-8-2-7-12(15)10(13(8)16)5-6-11(14)9-3-4-9/h2,7,9,11H,3-6H2,1H3. The smallest absolute Gasteiger partial charge is 0.132 e. The lowest BCUT2D eigenvalue weighted by Crippen LogP contribution is -2.06. The van der Waals surface area contributed by atoms with Gasteiger partial charge in [-0.1, -0.05) is 6.07 Å². The summed E-state index contributed by atoms with van der Waals surface area (Å²) in [5, 5.41) is 0.0688. The number of aryl methyl sites for hydroxylation is 1. The van der Waals surface area contributed by atoms with Crippen LogP contribution >= 0.6 is 11.6 Å². The molecule has 88 valence electrons. The van der Waals surface area contributed by atoms with E-state index in [0.29, 0.717) is 24.3 Å². The molecule has 0 aromatic heterocycles. The van der Waals surface area contributed by atoms with Gasteiger partial charge in [-0.3, -0.25) is 0 Å². The summed E-state index contributed by atoms with van der Waals surface area (Å²) in [6.45, 7) is 1.65. The first-order valence-corrected chi connectivity index (χ1v) is 6.10. The second-order valence-corrected chi connectivity index (χ2v) is 5.11. The predicted molar refractivity (Wildman–Crippen MR) is 61.8 cm³/mol. The van der Waals surface area contributed by atoms with Gasteiger partial charge in [-0.25, -0.2) is 8.78 Å².